The Morgan fingerprint density at radius 1 is 0.970 bits per heavy atom. The largest absolute Gasteiger partial charge is 0.486 e. The number of carbonyl (C=O) groups is 1. The van der Waals surface area contributed by atoms with Crippen molar-refractivity contribution in [3.63, 3.8) is 0 Å². The lowest BCUT2D eigenvalue weighted by molar-refractivity contribution is -0.131. The number of hydrogen-bond acceptors (Lipinski definition) is 7. The highest BCUT2D eigenvalue weighted by molar-refractivity contribution is 7.89. The van der Waals surface area contributed by atoms with E-state index in [-0.39, 0.29) is 10.8 Å². The van der Waals surface area contributed by atoms with Gasteiger partial charge in [0.25, 0.3) is 0 Å². The smallest absolute Gasteiger partial charge is 0.240 e. The fourth-order valence-electron chi connectivity index (χ4n) is 3.94. The number of ether oxygens (including phenoxy) is 2. The molecule has 0 saturated carbocycles. The van der Waals surface area contributed by atoms with Gasteiger partial charge < -0.3 is 19.3 Å². The van der Waals surface area contributed by atoms with Gasteiger partial charge in [-0.25, -0.2) is 18.1 Å². The third-order valence-electron chi connectivity index (χ3n) is 5.79. The van der Waals surface area contributed by atoms with E-state index in [2.05, 4.69) is 14.6 Å². The molecule has 0 bridgehead atoms. The van der Waals surface area contributed by atoms with Crippen molar-refractivity contribution in [1.29, 1.82) is 0 Å². The van der Waals surface area contributed by atoms with Crippen molar-refractivity contribution in [2.75, 3.05) is 50.8 Å². The maximum atomic E-state index is 12.5. The number of nitrogens with zero attached hydrogens (tertiary/aromatic N) is 3. The molecule has 33 heavy (non-hydrogen) atoms. The molecule has 0 unspecified atom stereocenters. The third-order valence-corrected chi connectivity index (χ3v) is 7.25. The molecule has 10 heteroatoms. The first kappa shape index (κ1) is 23.3. The molecule has 9 nitrogen and oxygen atoms in total. The molecular formula is C23H30N4O5S. The highest BCUT2D eigenvalue weighted by Crippen LogP contribution is 2.32. The zero-order valence-corrected chi connectivity index (χ0v) is 19.4. The predicted molar refractivity (Wildman–Crippen MR) is 124 cm³/mol. The Balaban J connectivity index is 1.13. The van der Waals surface area contributed by atoms with Crippen LogP contribution in [0.4, 0.5) is 5.82 Å². The Morgan fingerprint density at radius 3 is 2.52 bits per heavy atom. The molecule has 4 rings (SSSR count). The molecular weight excluding hydrogens is 444 g/mol. The summed E-state index contributed by atoms with van der Waals surface area (Å²) < 4.78 is 38.5. The Labute approximate surface area is 194 Å². The van der Waals surface area contributed by atoms with Gasteiger partial charge >= 0.3 is 0 Å². The number of benzene rings is 1. The summed E-state index contributed by atoms with van der Waals surface area (Å²) in [5.41, 5.74) is 0. The molecule has 178 valence electrons. The number of fused-ring (bicyclic) bond motifs is 1. The second kappa shape index (κ2) is 10.8. The van der Waals surface area contributed by atoms with Crippen LogP contribution < -0.4 is 19.1 Å². The summed E-state index contributed by atoms with van der Waals surface area (Å²) in [6.07, 6.45) is 4.46. The molecule has 1 amide bonds. The van der Waals surface area contributed by atoms with Gasteiger partial charge in [-0.2, -0.15) is 0 Å². The summed E-state index contributed by atoms with van der Waals surface area (Å²) in [5.74, 6) is 2.11. The zero-order chi connectivity index (χ0) is 23.1. The van der Waals surface area contributed by atoms with Crippen LogP contribution in [-0.4, -0.2) is 70.1 Å². The molecule has 0 radical (unpaired) electrons. The maximum absolute atomic E-state index is 12.5. The first-order valence-corrected chi connectivity index (χ1v) is 12.8. The Morgan fingerprint density at radius 2 is 1.76 bits per heavy atom. The van der Waals surface area contributed by atoms with Crippen molar-refractivity contribution in [3.05, 3.63) is 42.6 Å². The number of hydrogen-bond donors (Lipinski definition) is 1. The number of carbonyl (C=O) groups excluding carboxylic acids is 1. The van der Waals surface area contributed by atoms with Crippen LogP contribution in [0.2, 0.25) is 0 Å². The Kier molecular flexibility index (Phi) is 7.66. The van der Waals surface area contributed by atoms with Crippen LogP contribution in [0.5, 0.6) is 11.5 Å². The fraction of sp³-hybridized carbons (Fsp3) is 0.478. The highest BCUT2D eigenvalue weighted by atomic mass is 32.2. The molecule has 2 aliphatic rings. The van der Waals surface area contributed by atoms with Crippen LogP contribution in [0.25, 0.3) is 0 Å². The minimum absolute atomic E-state index is 0.159. The first-order valence-electron chi connectivity index (χ1n) is 11.4. The lowest BCUT2D eigenvalue weighted by atomic mass is 10.1. The average Bonchev–Trinajstić information content (AvgIpc) is 2.86. The van der Waals surface area contributed by atoms with Gasteiger partial charge in [-0.1, -0.05) is 12.5 Å². The van der Waals surface area contributed by atoms with Crippen LogP contribution in [0.1, 0.15) is 25.7 Å². The first-order chi connectivity index (χ1) is 16.0. The molecule has 1 N–H and O–H groups in total. The SMILES string of the molecule is O=C(CCCCCNS(=O)(=O)c1ccc2c(c1)OCCO2)N1CCN(c2ccccn2)CC1. The van der Waals surface area contributed by atoms with Gasteiger partial charge in [-0.15, -0.1) is 0 Å². The molecule has 1 aromatic carbocycles. The number of sulfonamides is 1. The molecule has 1 aromatic heterocycles. The Bertz CT molecular complexity index is 1040. The number of amides is 1. The van der Waals surface area contributed by atoms with Crippen LogP contribution in [0.15, 0.2) is 47.5 Å². The van der Waals surface area contributed by atoms with Gasteiger partial charge in [0, 0.05) is 51.4 Å². The third kappa shape index (κ3) is 6.14. The van der Waals surface area contributed by atoms with Crippen molar-refractivity contribution in [2.24, 2.45) is 0 Å². The van der Waals surface area contributed by atoms with E-state index in [4.69, 9.17) is 9.47 Å². The van der Waals surface area contributed by atoms with E-state index in [1.165, 1.54) is 12.1 Å². The van der Waals surface area contributed by atoms with E-state index in [0.29, 0.717) is 57.2 Å². The molecule has 1 fully saturated rings. The van der Waals surface area contributed by atoms with Crippen molar-refractivity contribution < 1.29 is 22.7 Å². The number of rotatable bonds is 9. The quantitative estimate of drug-likeness (QED) is 0.555. The number of unbranched alkanes of at least 4 members (excludes halogenated alkanes) is 2. The summed E-state index contributed by atoms with van der Waals surface area (Å²) >= 11 is 0. The summed E-state index contributed by atoms with van der Waals surface area (Å²) in [4.78, 5) is 21.1. The molecule has 0 spiro atoms. The monoisotopic (exact) mass is 474 g/mol. The summed E-state index contributed by atoms with van der Waals surface area (Å²) in [7, 11) is -3.61. The molecule has 1 saturated heterocycles. The number of pyridine rings is 1. The normalized spacial score (nSPS) is 16.0. The highest BCUT2D eigenvalue weighted by Gasteiger charge is 2.22. The number of anilines is 1. The van der Waals surface area contributed by atoms with E-state index < -0.39 is 10.0 Å². The average molecular weight is 475 g/mol. The Hall–Kier alpha value is -2.85. The van der Waals surface area contributed by atoms with Crippen molar-refractivity contribution >= 4 is 21.7 Å². The molecule has 3 heterocycles. The molecule has 2 aromatic rings. The van der Waals surface area contributed by atoms with Crippen molar-refractivity contribution in [3.8, 4) is 11.5 Å². The summed E-state index contributed by atoms with van der Waals surface area (Å²) in [6, 6.07) is 10.5. The summed E-state index contributed by atoms with van der Waals surface area (Å²) in [6.45, 7) is 4.15. The maximum Gasteiger partial charge on any atom is 0.240 e. The van der Waals surface area contributed by atoms with Gasteiger partial charge in [0.2, 0.25) is 15.9 Å². The van der Waals surface area contributed by atoms with Crippen LogP contribution >= 0.6 is 0 Å². The van der Waals surface area contributed by atoms with Gasteiger partial charge in [0.15, 0.2) is 11.5 Å². The van der Waals surface area contributed by atoms with Gasteiger partial charge in [0.1, 0.15) is 19.0 Å². The number of nitrogens with one attached hydrogen (secondary N) is 1. The van der Waals surface area contributed by atoms with E-state index in [1.807, 2.05) is 23.1 Å². The van der Waals surface area contributed by atoms with E-state index in [0.717, 1.165) is 31.7 Å². The second-order valence-electron chi connectivity index (χ2n) is 8.07. The van der Waals surface area contributed by atoms with E-state index in [1.54, 1.807) is 12.3 Å². The van der Waals surface area contributed by atoms with E-state index >= 15 is 0 Å². The standard InChI is InChI=1S/C23H30N4O5S/c28-23(27-14-12-26(13-15-27)22-6-3-5-10-24-22)7-2-1-4-11-25-33(29,30)19-8-9-20-21(18-19)32-17-16-31-20/h3,5-6,8-10,18,25H,1-2,4,7,11-17H2. The number of aromatic nitrogens is 1. The molecule has 0 aliphatic carbocycles. The van der Waals surface area contributed by atoms with Crippen LogP contribution in [0.3, 0.4) is 0 Å². The lowest BCUT2D eigenvalue weighted by Crippen LogP contribution is -2.49. The molecule has 2 aliphatic heterocycles. The zero-order valence-electron chi connectivity index (χ0n) is 18.6. The fourth-order valence-corrected chi connectivity index (χ4v) is 5.03. The molecule has 0 atom stereocenters. The minimum Gasteiger partial charge on any atom is -0.486 e. The van der Waals surface area contributed by atoms with Crippen LogP contribution in [0, 0.1) is 0 Å². The minimum atomic E-state index is -3.61. The van der Waals surface area contributed by atoms with E-state index in [9.17, 15) is 13.2 Å². The van der Waals surface area contributed by atoms with Gasteiger partial charge in [-0.3, -0.25) is 4.79 Å². The van der Waals surface area contributed by atoms with Gasteiger partial charge in [0.05, 0.1) is 4.90 Å². The number of piperazine rings is 1. The van der Waals surface area contributed by atoms with Gasteiger partial charge in [-0.05, 0) is 37.1 Å². The topological polar surface area (TPSA) is 101 Å². The predicted octanol–water partition coefficient (Wildman–Crippen LogP) is 2.04. The van der Waals surface area contributed by atoms with Crippen LogP contribution in [-0.2, 0) is 14.8 Å². The second-order valence-corrected chi connectivity index (χ2v) is 9.84. The summed E-state index contributed by atoms with van der Waals surface area (Å²) in [5, 5.41) is 0. The lowest BCUT2D eigenvalue weighted by Gasteiger charge is -2.35. The van der Waals surface area contributed by atoms with Crippen molar-refractivity contribution in [2.45, 2.75) is 30.6 Å². The van der Waals surface area contributed by atoms with Crippen molar-refractivity contribution in [1.82, 2.24) is 14.6 Å².